The first-order valence-electron chi connectivity index (χ1n) is 12.0. The number of aromatic nitrogens is 3. The third-order valence-corrected chi connectivity index (χ3v) is 6.71. The molecule has 0 aliphatic carbocycles. The highest BCUT2D eigenvalue weighted by Crippen LogP contribution is 2.42. The van der Waals surface area contributed by atoms with Crippen molar-refractivity contribution in [2.45, 2.75) is 43.2 Å². The molecule has 15 heteroatoms. The highest BCUT2D eigenvalue weighted by Gasteiger charge is 2.45. The quantitative estimate of drug-likeness (QED) is 0.0854. The van der Waals surface area contributed by atoms with Crippen LogP contribution in [0, 0.1) is 21.7 Å². The van der Waals surface area contributed by atoms with E-state index in [4.69, 9.17) is 9.47 Å². The van der Waals surface area contributed by atoms with E-state index < -0.39 is 73.6 Å². The number of halogens is 3. The Labute approximate surface area is 241 Å². The molecule has 1 heterocycles. The Morgan fingerprint density at radius 3 is 2.27 bits per heavy atom. The maximum Gasteiger partial charge on any atom is 0.412 e. The summed E-state index contributed by atoms with van der Waals surface area (Å²) in [4.78, 5) is 53.8. The van der Waals surface area contributed by atoms with Crippen LogP contribution in [-0.4, -0.2) is 55.2 Å². The Morgan fingerprint density at radius 2 is 1.76 bits per heavy atom. The molecule has 3 rings (SSSR count). The zero-order valence-electron chi connectivity index (χ0n) is 22.6. The van der Waals surface area contributed by atoms with Crippen LogP contribution in [0.4, 0.5) is 19.3 Å². The maximum absolute atomic E-state index is 14.7. The number of ketones is 1. The van der Waals surface area contributed by atoms with Crippen LogP contribution in [0.15, 0.2) is 42.7 Å². The van der Waals surface area contributed by atoms with E-state index in [9.17, 15) is 33.3 Å². The molecule has 0 radical (unpaired) electrons. The Bertz CT molecular complexity index is 1470. The molecule has 0 spiro atoms. The van der Waals surface area contributed by atoms with Gasteiger partial charge in [0.2, 0.25) is 0 Å². The summed E-state index contributed by atoms with van der Waals surface area (Å²) < 4.78 is 39.7. The molecule has 1 aromatic heterocycles. The molecule has 218 valence electrons. The van der Waals surface area contributed by atoms with Crippen molar-refractivity contribution in [3.8, 4) is 0 Å². The van der Waals surface area contributed by atoms with E-state index in [-0.39, 0.29) is 11.4 Å². The van der Waals surface area contributed by atoms with Gasteiger partial charge in [-0.2, -0.15) is 5.10 Å². The lowest BCUT2D eigenvalue weighted by molar-refractivity contribution is -0.497. The second-order valence-corrected chi connectivity index (χ2v) is 10.8. The number of rotatable bonds is 9. The number of anilines is 1. The zero-order valence-corrected chi connectivity index (χ0v) is 24.1. The average molecular weight is 638 g/mol. The third-order valence-electron chi connectivity index (χ3n) is 5.81. The van der Waals surface area contributed by atoms with Crippen LogP contribution in [0.1, 0.15) is 64.7 Å². The highest BCUT2D eigenvalue weighted by molar-refractivity contribution is 9.09. The number of alkyl halides is 1. The van der Waals surface area contributed by atoms with Crippen molar-refractivity contribution < 1.29 is 37.6 Å². The van der Waals surface area contributed by atoms with Gasteiger partial charge in [0.1, 0.15) is 29.4 Å². The number of ether oxygens (including phenoxy) is 2. The molecule has 0 saturated heterocycles. The van der Waals surface area contributed by atoms with Crippen LogP contribution in [0.3, 0.4) is 0 Å². The predicted molar refractivity (Wildman–Crippen MR) is 145 cm³/mol. The van der Waals surface area contributed by atoms with E-state index in [1.54, 1.807) is 20.8 Å². The minimum Gasteiger partial charge on any atom is -0.465 e. The first-order chi connectivity index (χ1) is 19.1. The van der Waals surface area contributed by atoms with Crippen LogP contribution >= 0.6 is 15.9 Å². The first-order valence-corrected chi connectivity index (χ1v) is 12.9. The number of amides is 1. The summed E-state index contributed by atoms with van der Waals surface area (Å²) in [5.74, 6) is -6.74. The van der Waals surface area contributed by atoms with E-state index in [0.29, 0.717) is 0 Å². The molecule has 12 nitrogen and oxygen atoms in total. The van der Waals surface area contributed by atoms with Gasteiger partial charge in [0.25, 0.3) is 4.95 Å². The Kier molecular flexibility index (Phi) is 9.53. The monoisotopic (exact) mass is 637 g/mol. The summed E-state index contributed by atoms with van der Waals surface area (Å²) in [5, 5.41) is 18.3. The van der Waals surface area contributed by atoms with Crippen molar-refractivity contribution in [3.63, 3.8) is 0 Å². The highest BCUT2D eigenvalue weighted by atomic mass is 79.9. The summed E-state index contributed by atoms with van der Waals surface area (Å²) >= 11 is 3.04. The van der Waals surface area contributed by atoms with Gasteiger partial charge in [-0.25, -0.2) is 23.4 Å². The largest absolute Gasteiger partial charge is 0.465 e. The molecule has 0 fully saturated rings. The topological polar surface area (TPSA) is 156 Å². The molecular formula is C26H26BrF2N5O7. The maximum atomic E-state index is 14.7. The summed E-state index contributed by atoms with van der Waals surface area (Å²) in [6.45, 7) is 4.74. The van der Waals surface area contributed by atoms with Gasteiger partial charge < -0.3 is 9.47 Å². The van der Waals surface area contributed by atoms with Crippen LogP contribution in [-0.2, 0) is 16.5 Å². The number of carbonyl (C=O) groups excluding carboxylic acids is 3. The van der Waals surface area contributed by atoms with Gasteiger partial charge in [0.05, 0.1) is 35.8 Å². The van der Waals surface area contributed by atoms with Gasteiger partial charge >= 0.3 is 12.1 Å². The van der Waals surface area contributed by atoms with Crippen molar-refractivity contribution in [1.29, 1.82) is 0 Å². The molecule has 1 N–H and O–H groups in total. The summed E-state index contributed by atoms with van der Waals surface area (Å²) in [7, 11) is 2.44. The normalized spacial score (nSPS) is 13.6. The van der Waals surface area contributed by atoms with Crippen molar-refractivity contribution in [1.82, 2.24) is 14.8 Å². The van der Waals surface area contributed by atoms with Gasteiger partial charge in [0.15, 0.2) is 5.78 Å². The van der Waals surface area contributed by atoms with Crippen molar-refractivity contribution >= 4 is 39.5 Å². The number of methoxy groups -OCH3 is 1. The zero-order chi connectivity index (χ0) is 30.6. The van der Waals surface area contributed by atoms with Gasteiger partial charge in [0, 0.05) is 12.0 Å². The van der Waals surface area contributed by atoms with Crippen LogP contribution in [0.25, 0.3) is 0 Å². The number of carbonyl (C=O) groups is 3. The molecule has 0 bridgehead atoms. The number of hydrogen-bond acceptors (Lipinski definition) is 9. The van der Waals surface area contributed by atoms with E-state index >= 15 is 0 Å². The third kappa shape index (κ3) is 7.28. The molecule has 3 atom stereocenters. The Morgan fingerprint density at radius 1 is 1.12 bits per heavy atom. The van der Waals surface area contributed by atoms with Gasteiger partial charge in [-0.05, 0) is 66.5 Å². The SMILES string of the molecule is COC(=O)c1cc(F)cc(NC(=O)OC(C)(C)C)c1C(=O)C(c1ncnn1C)C(c1ccc(F)cc1)C(Br)[N+](=O)[O-]. The molecule has 3 aromatic rings. The molecule has 0 aliphatic rings. The number of aryl methyl sites for hydroxylation is 1. The van der Waals surface area contributed by atoms with Gasteiger partial charge in [-0.1, -0.05) is 12.1 Å². The lowest BCUT2D eigenvalue weighted by Gasteiger charge is -2.27. The van der Waals surface area contributed by atoms with E-state index in [1.165, 1.54) is 23.9 Å². The van der Waals surface area contributed by atoms with Crippen LogP contribution in [0.2, 0.25) is 0 Å². The van der Waals surface area contributed by atoms with Crippen LogP contribution in [0.5, 0.6) is 0 Å². The molecule has 0 saturated carbocycles. The fraction of sp³-hybridized carbons (Fsp3) is 0.346. The molecule has 0 aliphatic heterocycles. The van der Waals surface area contributed by atoms with E-state index in [2.05, 4.69) is 31.3 Å². The molecular weight excluding hydrogens is 612 g/mol. The lowest BCUT2D eigenvalue weighted by atomic mass is 9.79. The number of nitrogens with one attached hydrogen (secondary N) is 1. The predicted octanol–water partition coefficient (Wildman–Crippen LogP) is 4.97. The fourth-order valence-electron chi connectivity index (χ4n) is 4.16. The smallest absolute Gasteiger partial charge is 0.412 e. The minimum absolute atomic E-state index is 0.0704. The first kappa shape index (κ1) is 31.3. The average Bonchev–Trinajstić information content (AvgIpc) is 3.30. The second-order valence-electron chi connectivity index (χ2n) is 9.81. The van der Waals surface area contributed by atoms with Crippen molar-refractivity contribution in [3.05, 3.63) is 87.0 Å². The number of benzene rings is 2. The fourth-order valence-corrected chi connectivity index (χ4v) is 4.78. The number of nitro groups is 1. The van der Waals surface area contributed by atoms with Crippen molar-refractivity contribution in [2.75, 3.05) is 12.4 Å². The lowest BCUT2D eigenvalue weighted by Crippen LogP contribution is -2.34. The summed E-state index contributed by atoms with van der Waals surface area (Å²) in [5.41, 5.74) is -2.36. The standard InChI is InChI=1S/C26H26BrF2N5O7/c1-26(2,3)41-25(37)32-17-11-15(29)10-16(24(36)40-5)19(17)21(35)20(23-30-12-31-33(23)4)18(22(27)34(38)39)13-6-8-14(28)9-7-13/h6-12,18,20,22H,1-5H3,(H,32,37). The van der Waals surface area contributed by atoms with Gasteiger partial charge in [-0.15, -0.1) is 0 Å². The number of nitrogens with zero attached hydrogens (tertiary/aromatic N) is 4. The number of Topliss-reactive ketones (excluding diaryl/α,β-unsaturated/α-hetero) is 1. The Hall–Kier alpha value is -4.27. The molecule has 3 unspecified atom stereocenters. The minimum atomic E-state index is -1.64. The van der Waals surface area contributed by atoms with E-state index in [0.717, 1.165) is 37.7 Å². The van der Waals surface area contributed by atoms with Gasteiger partial charge in [-0.3, -0.25) is 24.9 Å². The second kappa shape index (κ2) is 12.5. The molecule has 41 heavy (non-hydrogen) atoms. The number of hydrogen-bond donors (Lipinski definition) is 1. The van der Waals surface area contributed by atoms with Crippen LogP contribution < -0.4 is 5.32 Å². The molecule has 2 aromatic carbocycles. The Balaban J connectivity index is 2.34. The summed E-state index contributed by atoms with van der Waals surface area (Å²) in [6, 6.07) is 6.18. The van der Waals surface area contributed by atoms with E-state index in [1.807, 2.05) is 0 Å². The number of esters is 1. The molecule has 1 amide bonds. The summed E-state index contributed by atoms with van der Waals surface area (Å²) in [6.07, 6.45) is 0.0419. The van der Waals surface area contributed by atoms with Crippen molar-refractivity contribution in [2.24, 2.45) is 7.05 Å².